The predicted molar refractivity (Wildman–Crippen MR) is 48.9 cm³/mol. The van der Waals surface area contributed by atoms with Gasteiger partial charge in [-0.05, 0) is 17.9 Å². The molecule has 0 saturated carbocycles. The third-order valence-corrected chi connectivity index (χ3v) is 2.37. The third kappa shape index (κ3) is 1.51. The van der Waals surface area contributed by atoms with E-state index in [4.69, 9.17) is 4.74 Å². The van der Waals surface area contributed by atoms with Crippen LogP contribution >= 0.6 is 0 Å². The highest BCUT2D eigenvalue weighted by atomic mass is 16.5. The van der Waals surface area contributed by atoms with Crippen molar-refractivity contribution in [2.75, 3.05) is 6.61 Å². The summed E-state index contributed by atoms with van der Waals surface area (Å²) in [6.07, 6.45) is 1.52. The van der Waals surface area contributed by atoms with Gasteiger partial charge in [0.2, 0.25) is 0 Å². The Labute approximate surface area is 73.4 Å². The molecule has 1 heteroatoms. The molecule has 1 aromatic rings. The molecule has 2 rings (SSSR count). The number of hydrogen-bond acceptors (Lipinski definition) is 1. The fourth-order valence-electron chi connectivity index (χ4n) is 1.68. The van der Waals surface area contributed by atoms with Crippen molar-refractivity contribution in [3.8, 4) is 0 Å². The van der Waals surface area contributed by atoms with E-state index in [9.17, 15) is 0 Å². The highest BCUT2D eigenvalue weighted by Gasteiger charge is 2.22. The molecule has 0 spiro atoms. The van der Waals surface area contributed by atoms with Crippen LogP contribution < -0.4 is 0 Å². The Hall–Kier alpha value is -0.820. The molecule has 1 aliphatic rings. The van der Waals surface area contributed by atoms with Crippen molar-refractivity contribution in [3.05, 3.63) is 35.9 Å². The second-order valence-corrected chi connectivity index (χ2v) is 3.57. The Bertz CT molecular complexity index is 242. The lowest BCUT2D eigenvalue weighted by molar-refractivity contribution is 0.108. The molecule has 1 aliphatic heterocycles. The summed E-state index contributed by atoms with van der Waals surface area (Å²) in [7, 11) is 0. The number of ether oxygens (including phenoxy) is 1. The van der Waals surface area contributed by atoms with Gasteiger partial charge in [0, 0.05) is 0 Å². The summed E-state index contributed by atoms with van der Waals surface area (Å²) in [5.41, 5.74) is 1.32. The average Bonchev–Trinajstić information content (AvgIpc) is 2.54. The summed E-state index contributed by atoms with van der Waals surface area (Å²) in [4.78, 5) is 0. The fraction of sp³-hybridized carbons (Fsp3) is 0.455. The van der Waals surface area contributed by atoms with E-state index in [0.717, 1.165) is 12.5 Å². The smallest absolute Gasteiger partial charge is 0.0828 e. The lowest BCUT2D eigenvalue weighted by Crippen LogP contribution is -1.94. The molecule has 1 aromatic carbocycles. The van der Waals surface area contributed by atoms with Crippen molar-refractivity contribution >= 4 is 0 Å². The average molecular weight is 162 g/mol. The minimum absolute atomic E-state index is 0.348. The molecule has 0 unspecified atom stereocenters. The second-order valence-electron chi connectivity index (χ2n) is 3.57. The van der Waals surface area contributed by atoms with Gasteiger partial charge in [-0.2, -0.15) is 0 Å². The van der Waals surface area contributed by atoms with Crippen LogP contribution in [0.25, 0.3) is 0 Å². The molecule has 1 saturated heterocycles. The first-order valence-corrected chi connectivity index (χ1v) is 4.53. The molecular weight excluding hydrogens is 148 g/mol. The van der Waals surface area contributed by atoms with E-state index in [0.29, 0.717) is 6.10 Å². The van der Waals surface area contributed by atoms with E-state index in [1.807, 2.05) is 6.07 Å². The molecule has 0 N–H and O–H groups in total. The first kappa shape index (κ1) is 7.81. The van der Waals surface area contributed by atoms with Crippen LogP contribution in [0.4, 0.5) is 0 Å². The van der Waals surface area contributed by atoms with Crippen molar-refractivity contribution < 1.29 is 4.74 Å². The molecule has 0 aliphatic carbocycles. The first-order chi connectivity index (χ1) is 5.86. The van der Waals surface area contributed by atoms with Crippen molar-refractivity contribution in [1.82, 2.24) is 0 Å². The van der Waals surface area contributed by atoms with E-state index in [2.05, 4.69) is 31.2 Å². The Kier molecular flexibility index (Phi) is 2.13. The zero-order valence-electron chi connectivity index (χ0n) is 7.36. The van der Waals surface area contributed by atoms with Gasteiger partial charge < -0.3 is 4.74 Å². The van der Waals surface area contributed by atoms with Gasteiger partial charge in [-0.1, -0.05) is 37.3 Å². The standard InChI is InChI=1S/C11H14O/c1-9-7-11(12-8-9)10-5-3-2-4-6-10/h2-6,9,11H,7-8H2,1H3/t9-,11+/m1/s1. The molecule has 2 atom stereocenters. The van der Waals surface area contributed by atoms with Crippen LogP contribution in [0.2, 0.25) is 0 Å². The molecular formula is C11H14O. The molecule has 1 fully saturated rings. The van der Waals surface area contributed by atoms with Crippen LogP contribution in [0.3, 0.4) is 0 Å². The van der Waals surface area contributed by atoms with Crippen molar-refractivity contribution in [2.45, 2.75) is 19.4 Å². The monoisotopic (exact) mass is 162 g/mol. The van der Waals surface area contributed by atoms with E-state index in [1.165, 1.54) is 12.0 Å². The van der Waals surface area contributed by atoms with Crippen LogP contribution in [0.15, 0.2) is 30.3 Å². The van der Waals surface area contributed by atoms with Gasteiger partial charge in [0.25, 0.3) is 0 Å². The maximum atomic E-state index is 5.65. The van der Waals surface area contributed by atoms with Crippen molar-refractivity contribution in [3.63, 3.8) is 0 Å². The van der Waals surface area contributed by atoms with Gasteiger partial charge in [-0.15, -0.1) is 0 Å². The highest BCUT2D eigenvalue weighted by Crippen LogP contribution is 2.31. The van der Waals surface area contributed by atoms with Gasteiger partial charge in [0.15, 0.2) is 0 Å². The summed E-state index contributed by atoms with van der Waals surface area (Å²) < 4.78 is 5.65. The van der Waals surface area contributed by atoms with Crippen molar-refractivity contribution in [2.24, 2.45) is 5.92 Å². The van der Waals surface area contributed by atoms with Crippen LogP contribution in [0.1, 0.15) is 25.0 Å². The van der Waals surface area contributed by atoms with E-state index < -0.39 is 0 Å². The SMILES string of the molecule is C[C@H]1CO[C@H](c2ccccc2)C1. The highest BCUT2D eigenvalue weighted by molar-refractivity contribution is 5.18. The van der Waals surface area contributed by atoms with Crippen LogP contribution in [-0.4, -0.2) is 6.61 Å². The zero-order chi connectivity index (χ0) is 8.39. The number of hydrogen-bond donors (Lipinski definition) is 0. The quantitative estimate of drug-likeness (QED) is 0.617. The number of rotatable bonds is 1. The van der Waals surface area contributed by atoms with E-state index in [1.54, 1.807) is 0 Å². The van der Waals surface area contributed by atoms with Crippen LogP contribution in [-0.2, 0) is 4.74 Å². The fourth-order valence-corrected chi connectivity index (χ4v) is 1.68. The lowest BCUT2D eigenvalue weighted by atomic mass is 10.0. The van der Waals surface area contributed by atoms with Crippen molar-refractivity contribution in [1.29, 1.82) is 0 Å². The largest absolute Gasteiger partial charge is 0.373 e. The predicted octanol–water partition coefficient (Wildman–Crippen LogP) is 2.78. The molecule has 0 bridgehead atoms. The summed E-state index contributed by atoms with van der Waals surface area (Å²) in [5, 5.41) is 0. The zero-order valence-corrected chi connectivity index (χ0v) is 7.36. The maximum absolute atomic E-state index is 5.65. The van der Waals surface area contributed by atoms with Crippen LogP contribution in [0.5, 0.6) is 0 Å². The first-order valence-electron chi connectivity index (χ1n) is 4.53. The minimum Gasteiger partial charge on any atom is -0.373 e. The molecule has 1 heterocycles. The molecule has 12 heavy (non-hydrogen) atoms. The summed E-state index contributed by atoms with van der Waals surface area (Å²) in [6, 6.07) is 10.5. The lowest BCUT2D eigenvalue weighted by Gasteiger charge is -2.08. The van der Waals surface area contributed by atoms with Crippen LogP contribution in [0, 0.1) is 5.92 Å². The Morgan fingerprint density at radius 2 is 2.00 bits per heavy atom. The summed E-state index contributed by atoms with van der Waals surface area (Å²) in [5.74, 6) is 0.718. The number of benzene rings is 1. The Morgan fingerprint density at radius 1 is 1.25 bits per heavy atom. The molecule has 64 valence electrons. The normalized spacial score (nSPS) is 29.1. The van der Waals surface area contributed by atoms with Gasteiger partial charge >= 0.3 is 0 Å². The van der Waals surface area contributed by atoms with E-state index in [-0.39, 0.29) is 0 Å². The molecule has 1 nitrogen and oxygen atoms in total. The summed E-state index contributed by atoms with van der Waals surface area (Å²) in [6.45, 7) is 3.16. The Morgan fingerprint density at radius 3 is 2.58 bits per heavy atom. The minimum atomic E-state index is 0.348. The molecule has 0 aromatic heterocycles. The van der Waals surface area contributed by atoms with Gasteiger partial charge in [-0.3, -0.25) is 0 Å². The molecule has 0 amide bonds. The van der Waals surface area contributed by atoms with Gasteiger partial charge in [0.1, 0.15) is 0 Å². The van der Waals surface area contributed by atoms with Gasteiger partial charge in [-0.25, -0.2) is 0 Å². The van der Waals surface area contributed by atoms with Gasteiger partial charge in [0.05, 0.1) is 12.7 Å². The van der Waals surface area contributed by atoms with E-state index >= 15 is 0 Å². The topological polar surface area (TPSA) is 9.23 Å². The molecule has 0 radical (unpaired) electrons. The summed E-state index contributed by atoms with van der Waals surface area (Å²) >= 11 is 0. The second kappa shape index (κ2) is 3.28. The Balaban J connectivity index is 2.11. The maximum Gasteiger partial charge on any atom is 0.0828 e. The third-order valence-electron chi connectivity index (χ3n) is 2.37.